The Balaban J connectivity index is 1.82. The molecule has 0 atom stereocenters. The molecule has 0 amide bonds. The van der Waals surface area contributed by atoms with Gasteiger partial charge in [0.2, 0.25) is 17.8 Å². The van der Waals surface area contributed by atoms with Crippen LogP contribution in [0, 0.1) is 5.92 Å². The van der Waals surface area contributed by atoms with E-state index >= 15 is 0 Å². The maximum Gasteiger partial charge on any atom is 0.231 e. The number of ether oxygens (including phenoxy) is 1. The van der Waals surface area contributed by atoms with E-state index in [1.165, 1.54) is 12.8 Å². The normalized spacial score (nSPS) is 14.3. The highest BCUT2D eigenvalue weighted by molar-refractivity contribution is 5.41. The number of nitrogens with one attached hydrogen (secondary N) is 1. The van der Waals surface area contributed by atoms with E-state index in [4.69, 9.17) is 10.5 Å². The van der Waals surface area contributed by atoms with Gasteiger partial charge >= 0.3 is 0 Å². The third-order valence-corrected chi connectivity index (χ3v) is 3.27. The van der Waals surface area contributed by atoms with E-state index in [-0.39, 0.29) is 5.95 Å². The highest BCUT2D eigenvalue weighted by Crippen LogP contribution is 2.28. The highest BCUT2D eigenvalue weighted by atomic mass is 16.5. The maximum atomic E-state index is 5.72. The van der Waals surface area contributed by atoms with Crippen molar-refractivity contribution in [1.29, 1.82) is 0 Å². The molecule has 112 valence electrons. The summed E-state index contributed by atoms with van der Waals surface area (Å²) in [5.41, 5.74) is 5.72. The fourth-order valence-corrected chi connectivity index (χ4v) is 1.88. The molecule has 0 saturated heterocycles. The molecule has 0 aromatic carbocycles. The number of nitrogens with zero attached hydrogens (tertiary/aromatic N) is 4. The van der Waals surface area contributed by atoms with Crippen LogP contribution in [0.15, 0.2) is 0 Å². The van der Waals surface area contributed by atoms with Gasteiger partial charge in [0, 0.05) is 26.2 Å². The molecule has 1 saturated carbocycles. The lowest BCUT2D eigenvalue weighted by Gasteiger charge is -2.19. The molecule has 1 aliphatic rings. The first-order chi connectivity index (χ1) is 9.72. The van der Waals surface area contributed by atoms with Crippen LogP contribution < -0.4 is 16.0 Å². The fourth-order valence-electron chi connectivity index (χ4n) is 1.88. The summed E-state index contributed by atoms with van der Waals surface area (Å²) in [4.78, 5) is 14.7. The van der Waals surface area contributed by atoms with Gasteiger partial charge in [-0.1, -0.05) is 0 Å². The van der Waals surface area contributed by atoms with Gasteiger partial charge in [0.15, 0.2) is 0 Å². The van der Waals surface area contributed by atoms with E-state index in [9.17, 15) is 0 Å². The Morgan fingerprint density at radius 3 is 2.65 bits per heavy atom. The van der Waals surface area contributed by atoms with E-state index in [1.807, 2.05) is 4.90 Å². The van der Waals surface area contributed by atoms with E-state index < -0.39 is 0 Å². The summed E-state index contributed by atoms with van der Waals surface area (Å²) in [6.07, 6.45) is 2.62. The largest absolute Gasteiger partial charge is 0.379 e. The van der Waals surface area contributed by atoms with Gasteiger partial charge in [-0.15, -0.1) is 0 Å². The molecule has 7 heteroatoms. The molecule has 7 nitrogen and oxygen atoms in total. The lowest BCUT2D eigenvalue weighted by molar-refractivity contribution is 0.133. The van der Waals surface area contributed by atoms with Crippen LogP contribution in [-0.4, -0.2) is 47.8 Å². The predicted molar refractivity (Wildman–Crippen MR) is 79.8 cm³/mol. The minimum absolute atomic E-state index is 0.239. The van der Waals surface area contributed by atoms with Crippen LogP contribution >= 0.6 is 0 Å². The Morgan fingerprint density at radius 1 is 1.25 bits per heavy atom. The molecule has 0 aliphatic heterocycles. The second-order valence-corrected chi connectivity index (χ2v) is 4.93. The summed E-state index contributed by atoms with van der Waals surface area (Å²) in [5, 5.41) is 3.13. The molecule has 2 rings (SSSR count). The average Bonchev–Trinajstić information content (AvgIpc) is 3.23. The van der Waals surface area contributed by atoms with Crippen molar-refractivity contribution >= 4 is 17.8 Å². The predicted octanol–water partition coefficient (Wildman–Crippen LogP) is 1.14. The van der Waals surface area contributed by atoms with E-state index in [1.54, 1.807) is 0 Å². The average molecular weight is 280 g/mol. The first-order valence-corrected chi connectivity index (χ1v) is 7.31. The van der Waals surface area contributed by atoms with Crippen molar-refractivity contribution in [2.75, 3.05) is 48.8 Å². The van der Waals surface area contributed by atoms with Crippen molar-refractivity contribution in [2.45, 2.75) is 26.7 Å². The van der Waals surface area contributed by atoms with Gasteiger partial charge in [0.05, 0.1) is 6.61 Å². The van der Waals surface area contributed by atoms with Crippen molar-refractivity contribution < 1.29 is 4.74 Å². The Kier molecular flexibility index (Phi) is 5.34. The van der Waals surface area contributed by atoms with Crippen LogP contribution in [0.3, 0.4) is 0 Å². The minimum atomic E-state index is 0.239. The van der Waals surface area contributed by atoms with E-state index in [0.717, 1.165) is 25.6 Å². The Morgan fingerprint density at radius 2 is 2.00 bits per heavy atom. The molecular formula is C13H24N6O. The number of hydrogen-bond acceptors (Lipinski definition) is 7. The summed E-state index contributed by atoms with van der Waals surface area (Å²) in [6.45, 7) is 7.99. The number of hydrogen-bond donors (Lipinski definition) is 2. The summed E-state index contributed by atoms with van der Waals surface area (Å²) in [6, 6.07) is 0. The van der Waals surface area contributed by atoms with Crippen molar-refractivity contribution in [3.05, 3.63) is 0 Å². The van der Waals surface area contributed by atoms with Gasteiger partial charge in [0.1, 0.15) is 0 Å². The van der Waals surface area contributed by atoms with Gasteiger partial charge in [-0.05, 0) is 32.6 Å². The molecule has 0 spiro atoms. The van der Waals surface area contributed by atoms with Gasteiger partial charge in [0.25, 0.3) is 0 Å². The van der Waals surface area contributed by atoms with Crippen LogP contribution in [0.1, 0.15) is 26.7 Å². The Bertz CT molecular complexity index is 419. The quantitative estimate of drug-likeness (QED) is 0.655. The monoisotopic (exact) mass is 280 g/mol. The second kappa shape index (κ2) is 7.23. The molecule has 1 heterocycles. The molecule has 3 N–H and O–H groups in total. The number of anilines is 3. The van der Waals surface area contributed by atoms with Crippen molar-refractivity contribution in [1.82, 2.24) is 15.0 Å². The third kappa shape index (κ3) is 4.48. The molecule has 1 aliphatic carbocycles. The zero-order chi connectivity index (χ0) is 14.4. The molecule has 0 bridgehead atoms. The number of rotatable bonds is 9. The van der Waals surface area contributed by atoms with Crippen LogP contribution in [0.2, 0.25) is 0 Å². The highest BCUT2D eigenvalue weighted by Gasteiger charge is 2.20. The number of aromatic nitrogens is 3. The molecule has 1 aromatic heterocycles. The van der Waals surface area contributed by atoms with Crippen LogP contribution in [0.5, 0.6) is 0 Å². The van der Waals surface area contributed by atoms with Crippen LogP contribution in [0.25, 0.3) is 0 Å². The summed E-state index contributed by atoms with van der Waals surface area (Å²) >= 11 is 0. The summed E-state index contributed by atoms with van der Waals surface area (Å²) in [5.74, 6) is 2.15. The second-order valence-electron chi connectivity index (χ2n) is 4.93. The standard InChI is InChI=1S/C13H24N6O/c1-3-19(4-2)13-17-11(14)16-12(18-13)15-7-8-20-9-10-5-6-10/h10H,3-9H2,1-2H3,(H3,14,15,16,17,18). The zero-order valence-corrected chi connectivity index (χ0v) is 12.3. The molecule has 1 fully saturated rings. The topological polar surface area (TPSA) is 89.2 Å². The lowest BCUT2D eigenvalue weighted by atomic mass is 10.5. The molecule has 0 unspecified atom stereocenters. The molecular weight excluding hydrogens is 256 g/mol. The van der Waals surface area contributed by atoms with E-state index in [2.05, 4.69) is 34.1 Å². The maximum absolute atomic E-state index is 5.72. The minimum Gasteiger partial charge on any atom is -0.379 e. The SMILES string of the molecule is CCN(CC)c1nc(N)nc(NCCOCC2CC2)n1. The molecule has 0 radical (unpaired) electrons. The van der Waals surface area contributed by atoms with Crippen LogP contribution in [0.4, 0.5) is 17.8 Å². The molecule has 1 aromatic rings. The van der Waals surface area contributed by atoms with Crippen LogP contribution in [-0.2, 0) is 4.74 Å². The van der Waals surface area contributed by atoms with Gasteiger partial charge < -0.3 is 20.7 Å². The van der Waals surface area contributed by atoms with E-state index in [0.29, 0.717) is 25.0 Å². The zero-order valence-electron chi connectivity index (χ0n) is 12.3. The lowest BCUT2D eigenvalue weighted by Crippen LogP contribution is -2.25. The third-order valence-electron chi connectivity index (χ3n) is 3.27. The van der Waals surface area contributed by atoms with Gasteiger partial charge in [-0.3, -0.25) is 0 Å². The number of nitrogens with two attached hydrogens (primary N) is 1. The molecule has 20 heavy (non-hydrogen) atoms. The Hall–Kier alpha value is -1.63. The van der Waals surface area contributed by atoms with Crippen molar-refractivity contribution in [3.8, 4) is 0 Å². The van der Waals surface area contributed by atoms with Gasteiger partial charge in [-0.2, -0.15) is 15.0 Å². The fraction of sp³-hybridized carbons (Fsp3) is 0.769. The van der Waals surface area contributed by atoms with Crippen molar-refractivity contribution in [3.63, 3.8) is 0 Å². The Labute approximate surface area is 119 Å². The summed E-state index contributed by atoms with van der Waals surface area (Å²) in [7, 11) is 0. The first kappa shape index (κ1) is 14.8. The van der Waals surface area contributed by atoms with Gasteiger partial charge in [-0.25, -0.2) is 0 Å². The van der Waals surface area contributed by atoms with Crippen molar-refractivity contribution in [2.24, 2.45) is 5.92 Å². The summed E-state index contributed by atoms with van der Waals surface area (Å²) < 4.78 is 5.55. The number of nitrogen functional groups attached to an aromatic ring is 1. The first-order valence-electron chi connectivity index (χ1n) is 7.31. The smallest absolute Gasteiger partial charge is 0.231 e.